The summed E-state index contributed by atoms with van der Waals surface area (Å²) < 4.78 is 0. The van der Waals surface area contributed by atoms with Crippen LogP contribution in [0.1, 0.15) is 101 Å². The number of aryl methyl sites for hydroxylation is 1. The normalized spacial score (nSPS) is 37.0. The van der Waals surface area contributed by atoms with Crippen LogP contribution in [0.15, 0.2) is 6.07 Å². The first-order valence-corrected chi connectivity index (χ1v) is 9.20. The second kappa shape index (κ2) is 3.82. The van der Waals surface area contributed by atoms with E-state index in [1.807, 2.05) is 0 Å². The van der Waals surface area contributed by atoms with Crippen molar-refractivity contribution in [2.24, 2.45) is 0 Å². The second-order valence-electron chi connectivity index (χ2n) is 10.4. The molecule has 0 N–H and O–H groups in total. The molecule has 1 aromatic carbocycles. The van der Waals surface area contributed by atoms with Gasteiger partial charge in [0.05, 0.1) is 0 Å². The predicted molar refractivity (Wildman–Crippen MR) is 95.0 cm³/mol. The summed E-state index contributed by atoms with van der Waals surface area (Å²) in [6.07, 6.45) is 6.82. The molecule has 4 rings (SSSR count). The number of rotatable bonds is 0. The average molecular weight is 296 g/mol. The van der Waals surface area contributed by atoms with E-state index < -0.39 is 0 Å². The van der Waals surface area contributed by atoms with Crippen molar-refractivity contribution >= 4 is 0 Å². The van der Waals surface area contributed by atoms with Crippen molar-refractivity contribution in [3.8, 4) is 0 Å². The lowest BCUT2D eigenvalue weighted by Crippen LogP contribution is -2.43. The standard InChI is InChI=1S/C22H32/c1-14-12-15-17-18-16(14)20(4,5)13-22(18,7)11-10-21(17,6)9-8-19(15,2)3/h12H,8-11,13H2,1-7H3. The molecular weight excluding hydrogens is 264 g/mol. The molecule has 0 saturated heterocycles. The lowest BCUT2D eigenvalue weighted by atomic mass is 9.53. The van der Waals surface area contributed by atoms with Crippen molar-refractivity contribution in [3.63, 3.8) is 0 Å². The van der Waals surface area contributed by atoms with Crippen molar-refractivity contribution < 1.29 is 0 Å². The Bertz CT molecular complexity index is 676. The lowest BCUT2D eigenvalue weighted by molar-refractivity contribution is 0.228. The van der Waals surface area contributed by atoms with Crippen molar-refractivity contribution in [3.05, 3.63) is 33.9 Å². The molecule has 22 heavy (non-hydrogen) atoms. The number of benzene rings is 1. The topological polar surface area (TPSA) is 0 Å². The van der Waals surface area contributed by atoms with E-state index in [4.69, 9.17) is 0 Å². The van der Waals surface area contributed by atoms with Gasteiger partial charge in [0.25, 0.3) is 0 Å². The van der Waals surface area contributed by atoms with E-state index in [2.05, 4.69) is 54.5 Å². The van der Waals surface area contributed by atoms with Gasteiger partial charge in [0.1, 0.15) is 0 Å². The molecule has 1 aromatic rings. The molecule has 3 aliphatic carbocycles. The molecule has 0 amide bonds. The van der Waals surface area contributed by atoms with Crippen LogP contribution in [-0.2, 0) is 21.7 Å². The maximum atomic E-state index is 2.57. The van der Waals surface area contributed by atoms with Crippen LogP contribution in [-0.4, -0.2) is 0 Å². The third kappa shape index (κ3) is 1.60. The Morgan fingerprint density at radius 3 is 1.95 bits per heavy atom. The van der Waals surface area contributed by atoms with Crippen LogP contribution in [0.2, 0.25) is 0 Å². The number of hydrogen-bond acceptors (Lipinski definition) is 0. The van der Waals surface area contributed by atoms with Crippen LogP contribution < -0.4 is 0 Å². The summed E-state index contributed by atoms with van der Waals surface area (Å²) in [5, 5.41) is 0. The summed E-state index contributed by atoms with van der Waals surface area (Å²) in [6, 6.07) is 2.57. The van der Waals surface area contributed by atoms with Crippen LogP contribution in [0, 0.1) is 6.92 Å². The molecule has 0 heterocycles. The molecule has 2 unspecified atom stereocenters. The molecule has 0 heteroatoms. The largest absolute Gasteiger partial charge is 0.0558 e. The summed E-state index contributed by atoms with van der Waals surface area (Å²) in [7, 11) is 0. The molecular formula is C22H32. The molecule has 120 valence electrons. The summed E-state index contributed by atoms with van der Waals surface area (Å²) in [6.45, 7) is 17.4. The Labute approximate surface area is 136 Å². The Balaban J connectivity index is 2.16. The van der Waals surface area contributed by atoms with Gasteiger partial charge in [-0.05, 0) is 88.5 Å². The molecule has 0 aromatic heterocycles. The van der Waals surface area contributed by atoms with Crippen molar-refractivity contribution in [2.75, 3.05) is 0 Å². The first kappa shape index (κ1) is 14.8. The van der Waals surface area contributed by atoms with E-state index in [0.717, 1.165) is 0 Å². The molecule has 0 radical (unpaired) electrons. The summed E-state index contributed by atoms with van der Waals surface area (Å²) in [4.78, 5) is 0. The van der Waals surface area contributed by atoms with Gasteiger partial charge in [-0.2, -0.15) is 0 Å². The van der Waals surface area contributed by atoms with E-state index in [-0.39, 0.29) is 0 Å². The van der Waals surface area contributed by atoms with Crippen LogP contribution >= 0.6 is 0 Å². The maximum absolute atomic E-state index is 2.57. The molecule has 0 bridgehead atoms. The minimum atomic E-state index is 0.343. The van der Waals surface area contributed by atoms with Gasteiger partial charge in [0, 0.05) is 0 Å². The summed E-state index contributed by atoms with van der Waals surface area (Å²) >= 11 is 0. The van der Waals surface area contributed by atoms with Crippen LogP contribution in [0.3, 0.4) is 0 Å². The highest BCUT2D eigenvalue weighted by Gasteiger charge is 2.55. The molecule has 0 saturated carbocycles. The number of hydrogen-bond donors (Lipinski definition) is 0. The first-order chi connectivity index (χ1) is 10.0. The van der Waals surface area contributed by atoms with Crippen LogP contribution in [0.25, 0.3) is 0 Å². The Kier molecular flexibility index (Phi) is 2.57. The summed E-state index contributed by atoms with van der Waals surface area (Å²) in [5.41, 5.74) is 10.1. The average Bonchev–Trinajstić information content (AvgIpc) is 2.61. The van der Waals surface area contributed by atoms with Gasteiger partial charge in [-0.25, -0.2) is 0 Å². The smallest absolute Gasteiger partial charge is 0.00606 e. The highest BCUT2D eigenvalue weighted by atomic mass is 14.6. The molecule has 2 atom stereocenters. The Hall–Kier alpha value is -0.780. The van der Waals surface area contributed by atoms with E-state index in [1.165, 1.54) is 32.1 Å². The fraction of sp³-hybridized carbons (Fsp3) is 0.727. The van der Waals surface area contributed by atoms with E-state index in [1.54, 1.807) is 27.8 Å². The van der Waals surface area contributed by atoms with Gasteiger partial charge >= 0.3 is 0 Å². The van der Waals surface area contributed by atoms with Gasteiger partial charge < -0.3 is 0 Å². The van der Waals surface area contributed by atoms with Crippen molar-refractivity contribution in [1.82, 2.24) is 0 Å². The van der Waals surface area contributed by atoms with E-state index in [0.29, 0.717) is 21.7 Å². The first-order valence-electron chi connectivity index (χ1n) is 9.20. The predicted octanol–water partition coefficient (Wildman–Crippen LogP) is 6.06. The molecule has 0 nitrogen and oxygen atoms in total. The third-order valence-corrected chi connectivity index (χ3v) is 7.50. The highest BCUT2D eigenvalue weighted by Crippen LogP contribution is 2.63. The molecule has 0 fully saturated rings. The zero-order chi connectivity index (χ0) is 16.1. The Morgan fingerprint density at radius 2 is 1.27 bits per heavy atom. The Morgan fingerprint density at radius 1 is 0.682 bits per heavy atom. The van der Waals surface area contributed by atoms with Gasteiger partial charge in [-0.3, -0.25) is 0 Å². The lowest BCUT2D eigenvalue weighted by Gasteiger charge is -2.51. The fourth-order valence-corrected chi connectivity index (χ4v) is 6.47. The van der Waals surface area contributed by atoms with E-state index in [9.17, 15) is 0 Å². The minimum Gasteiger partial charge on any atom is -0.0558 e. The molecule has 0 aliphatic heterocycles. The minimum absolute atomic E-state index is 0.343. The SMILES string of the molecule is Cc1cc2c3c4c1C(C)(C)CC4(C)CCC3(C)CCC2(C)C. The zero-order valence-corrected chi connectivity index (χ0v) is 15.6. The summed E-state index contributed by atoms with van der Waals surface area (Å²) in [5.74, 6) is 0. The van der Waals surface area contributed by atoms with Crippen molar-refractivity contribution in [2.45, 2.75) is 102 Å². The van der Waals surface area contributed by atoms with E-state index >= 15 is 0 Å². The third-order valence-electron chi connectivity index (χ3n) is 7.50. The monoisotopic (exact) mass is 296 g/mol. The zero-order valence-electron chi connectivity index (χ0n) is 15.6. The fourth-order valence-electron chi connectivity index (χ4n) is 6.47. The quantitative estimate of drug-likeness (QED) is 0.546. The van der Waals surface area contributed by atoms with Crippen LogP contribution in [0.5, 0.6) is 0 Å². The van der Waals surface area contributed by atoms with Crippen LogP contribution in [0.4, 0.5) is 0 Å². The highest BCUT2D eigenvalue weighted by molar-refractivity contribution is 5.62. The maximum Gasteiger partial charge on any atom is -0.00606 e. The van der Waals surface area contributed by atoms with Gasteiger partial charge in [0.2, 0.25) is 0 Å². The second-order valence-corrected chi connectivity index (χ2v) is 10.4. The van der Waals surface area contributed by atoms with Gasteiger partial charge in [0.15, 0.2) is 0 Å². The molecule has 3 aliphatic rings. The molecule has 0 spiro atoms. The van der Waals surface area contributed by atoms with Gasteiger partial charge in [-0.15, -0.1) is 0 Å². The van der Waals surface area contributed by atoms with Crippen molar-refractivity contribution in [1.29, 1.82) is 0 Å². The van der Waals surface area contributed by atoms with Gasteiger partial charge in [-0.1, -0.05) is 47.6 Å².